The Morgan fingerprint density at radius 3 is 2.09 bits per heavy atom. The lowest BCUT2D eigenvalue weighted by atomic mass is 10.1. The van der Waals surface area contributed by atoms with Crippen molar-refractivity contribution < 1.29 is 20.4 Å². The minimum absolute atomic E-state index is 0.0434. The van der Waals surface area contributed by atoms with E-state index in [2.05, 4.69) is 5.43 Å². The number of hydrazine groups is 1. The smallest absolute Gasteiger partial charge is 0.109 e. The molecule has 3 atom stereocenters. The Hall–Kier alpha value is -0.240. The van der Waals surface area contributed by atoms with E-state index in [1.165, 1.54) is 0 Å². The van der Waals surface area contributed by atoms with Gasteiger partial charge < -0.3 is 20.4 Å². The van der Waals surface area contributed by atoms with E-state index < -0.39 is 24.9 Å². The van der Waals surface area contributed by atoms with Crippen LogP contribution in [0.2, 0.25) is 0 Å². The van der Waals surface area contributed by atoms with Crippen molar-refractivity contribution in [2.24, 2.45) is 5.84 Å². The van der Waals surface area contributed by atoms with E-state index in [0.29, 0.717) is 0 Å². The Bertz CT molecular complexity index is 102. The number of rotatable bonds is 5. The minimum atomic E-state index is -1.38. The number of nitrogens with two attached hydrogens (primary N) is 1. The zero-order chi connectivity index (χ0) is 8.85. The Balaban J connectivity index is 3.70. The topological polar surface area (TPSA) is 119 Å². The summed E-state index contributed by atoms with van der Waals surface area (Å²) in [6.07, 6.45) is -3.89. The van der Waals surface area contributed by atoms with Gasteiger partial charge in [-0.1, -0.05) is 0 Å². The highest BCUT2D eigenvalue weighted by Crippen LogP contribution is 1.97. The lowest BCUT2D eigenvalue weighted by molar-refractivity contribution is -0.0749. The van der Waals surface area contributed by atoms with Crippen molar-refractivity contribution in [2.45, 2.75) is 18.3 Å². The van der Waals surface area contributed by atoms with Gasteiger partial charge in [-0.3, -0.25) is 11.3 Å². The molecule has 0 aromatic carbocycles. The van der Waals surface area contributed by atoms with Crippen LogP contribution < -0.4 is 11.3 Å². The van der Waals surface area contributed by atoms with Crippen LogP contribution in [-0.2, 0) is 0 Å². The van der Waals surface area contributed by atoms with Crippen molar-refractivity contribution in [1.29, 1.82) is 0 Å². The molecule has 0 rings (SSSR count). The molecule has 6 heteroatoms. The Kier molecular flexibility index (Phi) is 5.30. The number of nitrogens with one attached hydrogen (secondary N) is 1. The summed E-state index contributed by atoms with van der Waals surface area (Å²) in [5.74, 6) is 4.84. The van der Waals surface area contributed by atoms with E-state index in [0.717, 1.165) is 0 Å². The average molecular weight is 166 g/mol. The SMILES string of the molecule is NNC[C@@H](O)[C@@H](O)[C@H](O)CO. The van der Waals surface area contributed by atoms with Crippen LogP contribution in [0.3, 0.4) is 0 Å². The molecule has 68 valence electrons. The van der Waals surface area contributed by atoms with E-state index in [1.807, 2.05) is 0 Å². The van der Waals surface area contributed by atoms with E-state index in [-0.39, 0.29) is 6.54 Å². The van der Waals surface area contributed by atoms with Gasteiger partial charge in [-0.25, -0.2) is 0 Å². The predicted octanol–water partition coefficient (Wildman–Crippen LogP) is -3.48. The summed E-state index contributed by atoms with van der Waals surface area (Å²) in [4.78, 5) is 0. The molecule has 0 aliphatic heterocycles. The van der Waals surface area contributed by atoms with Gasteiger partial charge in [0.05, 0.1) is 12.7 Å². The molecule has 0 aliphatic carbocycles. The second kappa shape index (κ2) is 5.42. The number of hydrogen-bond donors (Lipinski definition) is 6. The lowest BCUT2D eigenvalue weighted by Crippen LogP contribution is -2.46. The Morgan fingerprint density at radius 2 is 1.73 bits per heavy atom. The quantitative estimate of drug-likeness (QED) is 0.186. The summed E-state index contributed by atoms with van der Waals surface area (Å²) in [6.45, 7) is -0.638. The van der Waals surface area contributed by atoms with Gasteiger partial charge in [-0.15, -0.1) is 0 Å². The van der Waals surface area contributed by atoms with Crippen molar-refractivity contribution >= 4 is 0 Å². The van der Waals surface area contributed by atoms with Crippen molar-refractivity contribution in [1.82, 2.24) is 5.43 Å². The van der Waals surface area contributed by atoms with Gasteiger partial charge >= 0.3 is 0 Å². The molecule has 0 aromatic heterocycles. The van der Waals surface area contributed by atoms with Crippen molar-refractivity contribution in [3.05, 3.63) is 0 Å². The molecule has 0 amide bonds. The van der Waals surface area contributed by atoms with Gasteiger partial charge in [0.2, 0.25) is 0 Å². The zero-order valence-electron chi connectivity index (χ0n) is 6.01. The van der Waals surface area contributed by atoms with E-state index in [1.54, 1.807) is 0 Å². The van der Waals surface area contributed by atoms with Gasteiger partial charge in [0, 0.05) is 6.54 Å². The van der Waals surface area contributed by atoms with Crippen molar-refractivity contribution in [3.8, 4) is 0 Å². The third-order valence-corrected chi connectivity index (χ3v) is 1.30. The molecule has 0 fully saturated rings. The lowest BCUT2D eigenvalue weighted by Gasteiger charge is -2.20. The highest BCUT2D eigenvalue weighted by atomic mass is 16.4. The van der Waals surface area contributed by atoms with Crippen molar-refractivity contribution in [3.63, 3.8) is 0 Å². The monoisotopic (exact) mass is 166 g/mol. The van der Waals surface area contributed by atoms with Crippen LogP contribution >= 0.6 is 0 Å². The molecule has 7 N–H and O–H groups in total. The molecule has 0 bridgehead atoms. The molecule has 0 radical (unpaired) electrons. The Labute approximate surface area is 64.2 Å². The molecular weight excluding hydrogens is 152 g/mol. The summed E-state index contributed by atoms with van der Waals surface area (Å²) in [5.41, 5.74) is 2.12. The molecule has 0 aromatic rings. The van der Waals surface area contributed by atoms with Crippen LogP contribution in [0, 0.1) is 0 Å². The maximum absolute atomic E-state index is 8.96. The van der Waals surface area contributed by atoms with Crippen LogP contribution in [0.15, 0.2) is 0 Å². The predicted molar refractivity (Wildman–Crippen MR) is 37.3 cm³/mol. The molecular formula is C5H14N2O4. The molecule has 0 heterocycles. The highest BCUT2D eigenvalue weighted by Gasteiger charge is 2.22. The molecule has 0 saturated heterocycles. The van der Waals surface area contributed by atoms with Crippen LogP contribution in [0.25, 0.3) is 0 Å². The molecule has 0 unspecified atom stereocenters. The van der Waals surface area contributed by atoms with Crippen LogP contribution in [0.1, 0.15) is 0 Å². The van der Waals surface area contributed by atoms with E-state index >= 15 is 0 Å². The van der Waals surface area contributed by atoms with Crippen LogP contribution in [0.4, 0.5) is 0 Å². The highest BCUT2D eigenvalue weighted by molar-refractivity contribution is 4.75. The Morgan fingerprint density at radius 1 is 1.18 bits per heavy atom. The molecule has 0 spiro atoms. The maximum Gasteiger partial charge on any atom is 0.109 e. The molecule has 6 nitrogen and oxygen atoms in total. The van der Waals surface area contributed by atoms with Gasteiger partial charge in [-0.2, -0.15) is 0 Å². The first-order chi connectivity index (χ1) is 5.13. The number of aliphatic hydroxyl groups excluding tert-OH is 4. The molecule has 11 heavy (non-hydrogen) atoms. The average Bonchev–Trinajstić information content (AvgIpc) is 2.02. The normalized spacial score (nSPS) is 19.4. The van der Waals surface area contributed by atoms with Crippen LogP contribution in [-0.4, -0.2) is 51.9 Å². The third kappa shape index (κ3) is 3.61. The van der Waals surface area contributed by atoms with Gasteiger partial charge in [0.1, 0.15) is 12.2 Å². The minimum Gasteiger partial charge on any atom is -0.394 e. The van der Waals surface area contributed by atoms with E-state index in [4.69, 9.17) is 26.3 Å². The largest absolute Gasteiger partial charge is 0.394 e. The van der Waals surface area contributed by atoms with Gasteiger partial charge in [0.25, 0.3) is 0 Å². The fourth-order valence-corrected chi connectivity index (χ4v) is 0.606. The summed E-state index contributed by atoms with van der Waals surface area (Å²) in [5, 5.41) is 35.1. The maximum atomic E-state index is 8.96. The fraction of sp³-hybridized carbons (Fsp3) is 1.00. The van der Waals surface area contributed by atoms with Crippen LogP contribution in [0.5, 0.6) is 0 Å². The molecule has 0 aliphatic rings. The number of hydrogen-bond acceptors (Lipinski definition) is 6. The zero-order valence-corrected chi connectivity index (χ0v) is 6.01. The first-order valence-corrected chi connectivity index (χ1v) is 3.22. The molecule has 0 saturated carbocycles. The second-order valence-corrected chi connectivity index (χ2v) is 2.22. The summed E-state index contributed by atoms with van der Waals surface area (Å²) < 4.78 is 0. The van der Waals surface area contributed by atoms with Gasteiger partial charge in [0.15, 0.2) is 0 Å². The third-order valence-electron chi connectivity index (χ3n) is 1.30. The second-order valence-electron chi connectivity index (χ2n) is 2.22. The van der Waals surface area contributed by atoms with Gasteiger partial charge in [-0.05, 0) is 0 Å². The first-order valence-electron chi connectivity index (χ1n) is 3.22. The number of aliphatic hydroxyl groups is 4. The van der Waals surface area contributed by atoms with Crippen molar-refractivity contribution in [2.75, 3.05) is 13.2 Å². The summed E-state index contributed by atoms with van der Waals surface area (Å²) in [7, 11) is 0. The standard InChI is InChI=1S/C5H14N2O4/c6-7-1-3(9)5(11)4(10)2-8/h3-5,7-11H,1-2,6H2/t3-,4-,5-/m1/s1. The summed E-state index contributed by atoms with van der Waals surface area (Å²) >= 11 is 0. The van der Waals surface area contributed by atoms with E-state index in [9.17, 15) is 0 Å². The fourth-order valence-electron chi connectivity index (χ4n) is 0.606. The first kappa shape index (κ1) is 10.8. The summed E-state index contributed by atoms with van der Waals surface area (Å²) in [6, 6.07) is 0.